The number of hydrogen-bond donors (Lipinski definition) is 3. The van der Waals surface area contributed by atoms with E-state index >= 15 is 0 Å². The predicted molar refractivity (Wildman–Crippen MR) is 78.7 cm³/mol. The van der Waals surface area contributed by atoms with E-state index in [4.69, 9.17) is 5.73 Å². The highest BCUT2D eigenvalue weighted by molar-refractivity contribution is 5.82. The lowest BCUT2D eigenvalue weighted by molar-refractivity contribution is -0.120. The molecule has 0 atom stereocenters. The number of H-pyrrole nitrogens is 1. The van der Waals surface area contributed by atoms with Gasteiger partial charge >= 0.3 is 0 Å². The molecule has 0 aliphatic rings. The molecule has 4 N–H and O–H groups in total. The first-order chi connectivity index (χ1) is 9.51. The molecule has 20 heavy (non-hydrogen) atoms. The van der Waals surface area contributed by atoms with Gasteiger partial charge in [0.1, 0.15) is 0 Å². The molecule has 106 valence electrons. The van der Waals surface area contributed by atoms with E-state index in [2.05, 4.69) is 15.3 Å². The van der Waals surface area contributed by atoms with Crippen LogP contribution in [0.2, 0.25) is 0 Å². The van der Waals surface area contributed by atoms with Crippen LogP contribution < -0.4 is 21.5 Å². The van der Waals surface area contributed by atoms with Gasteiger partial charge in [-0.3, -0.25) is 14.6 Å². The number of carbonyl (C=O) groups excluding carboxylic acids is 1. The van der Waals surface area contributed by atoms with E-state index in [0.717, 1.165) is 0 Å². The van der Waals surface area contributed by atoms with Gasteiger partial charge < -0.3 is 16.0 Å². The topological polar surface area (TPSA) is 104 Å². The molecule has 7 heteroatoms. The maximum absolute atomic E-state index is 12.0. The highest BCUT2D eigenvalue weighted by Gasteiger charge is 2.09. The minimum atomic E-state index is -0.246. The Bertz CT molecular complexity index is 695. The summed E-state index contributed by atoms with van der Waals surface area (Å²) < 4.78 is 0. The van der Waals surface area contributed by atoms with Gasteiger partial charge in [0.2, 0.25) is 11.9 Å². The number of nitrogens with two attached hydrogens (primary N) is 1. The molecule has 7 nitrogen and oxygen atoms in total. The van der Waals surface area contributed by atoms with Gasteiger partial charge in [-0.15, -0.1) is 0 Å². The van der Waals surface area contributed by atoms with Crippen LogP contribution in [0.25, 0.3) is 10.9 Å². The summed E-state index contributed by atoms with van der Waals surface area (Å²) in [6, 6.07) is 4.99. The van der Waals surface area contributed by atoms with Crippen LogP contribution >= 0.6 is 0 Å². The number of aromatic nitrogens is 2. The summed E-state index contributed by atoms with van der Waals surface area (Å²) in [5.41, 5.74) is 6.50. The fourth-order valence-electron chi connectivity index (χ4n) is 1.82. The normalized spacial score (nSPS) is 10.5. The van der Waals surface area contributed by atoms with E-state index in [1.165, 1.54) is 0 Å². The van der Waals surface area contributed by atoms with Crippen molar-refractivity contribution in [3.8, 4) is 0 Å². The Labute approximate surface area is 115 Å². The van der Waals surface area contributed by atoms with Gasteiger partial charge in [-0.05, 0) is 18.2 Å². The zero-order valence-electron chi connectivity index (χ0n) is 11.4. The molecule has 1 amide bonds. The summed E-state index contributed by atoms with van der Waals surface area (Å²) in [5.74, 6) is 0.365. The van der Waals surface area contributed by atoms with Gasteiger partial charge in [-0.2, -0.15) is 0 Å². The highest BCUT2D eigenvalue weighted by Crippen LogP contribution is 2.14. The Hall–Kier alpha value is -2.57. The minimum absolute atomic E-state index is 0.0623. The first-order valence-electron chi connectivity index (χ1n) is 6.22. The second-order valence-electron chi connectivity index (χ2n) is 4.51. The third-order valence-corrected chi connectivity index (χ3v) is 3.03. The first-order valence-corrected chi connectivity index (χ1v) is 6.22. The third kappa shape index (κ3) is 2.87. The van der Waals surface area contributed by atoms with Crippen molar-refractivity contribution in [3.05, 3.63) is 28.6 Å². The lowest BCUT2D eigenvalue weighted by atomic mass is 10.2. The average Bonchev–Trinajstić information content (AvgIpc) is 2.44. The van der Waals surface area contributed by atoms with Crippen molar-refractivity contribution in [1.29, 1.82) is 0 Å². The number of nitrogens with one attached hydrogen (secondary N) is 2. The quantitative estimate of drug-likeness (QED) is 0.685. The Morgan fingerprint density at radius 2 is 2.25 bits per heavy atom. The highest BCUT2D eigenvalue weighted by atomic mass is 16.1. The largest absolute Gasteiger partial charge is 0.399 e. The molecular weight excluding hydrogens is 258 g/mol. The van der Waals surface area contributed by atoms with Gasteiger partial charge in [-0.25, -0.2) is 4.98 Å². The summed E-state index contributed by atoms with van der Waals surface area (Å²) in [6.07, 6.45) is 0.330. The Balaban J connectivity index is 2.29. The smallest absolute Gasteiger partial charge is 0.260 e. The van der Waals surface area contributed by atoms with Gasteiger partial charge in [0.25, 0.3) is 5.56 Å². The summed E-state index contributed by atoms with van der Waals surface area (Å²) in [7, 11) is 3.35. The number of carbonyl (C=O) groups is 1. The lowest BCUT2D eigenvalue weighted by Gasteiger charge is -2.17. The SMILES string of the molecule is CNC(=O)CCN(C)c1nc2ccc(N)cc2c(=O)[nH]1. The number of nitrogens with zero attached hydrogens (tertiary/aromatic N) is 2. The maximum Gasteiger partial charge on any atom is 0.260 e. The van der Waals surface area contributed by atoms with Crippen LogP contribution in [0.4, 0.5) is 11.6 Å². The average molecular weight is 275 g/mol. The van der Waals surface area contributed by atoms with Crippen LogP contribution in [-0.2, 0) is 4.79 Å². The molecule has 0 spiro atoms. The number of amides is 1. The Kier molecular flexibility index (Phi) is 3.88. The summed E-state index contributed by atoms with van der Waals surface area (Å²) >= 11 is 0. The van der Waals surface area contributed by atoms with Crippen LogP contribution in [-0.4, -0.2) is 36.5 Å². The van der Waals surface area contributed by atoms with Crippen LogP contribution in [0, 0.1) is 0 Å². The fourth-order valence-corrected chi connectivity index (χ4v) is 1.82. The molecule has 0 unspecified atom stereocenters. The van der Waals surface area contributed by atoms with Gasteiger partial charge in [-0.1, -0.05) is 0 Å². The van der Waals surface area contributed by atoms with Crippen molar-refractivity contribution >= 4 is 28.4 Å². The van der Waals surface area contributed by atoms with Crippen molar-refractivity contribution < 1.29 is 4.79 Å². The number of aromatic amines is 1. The zero-order chi connectivity index (χ0) is 14.7. The zero-order valence-corrected chi connectivity index (χ0v) is 11.4. The molecule has 1 aromatic heterocycles. The van der Waals surface area contributed by atoms with E-state index in [0.29, 0.717) is 35.5 Å². The maximum atomic E-state index is 12.0. The Morgan fingerprint density at radius 1 is 1.50 bits per heavy atom. The van der Waals surface area contributed by atoms with Crippen molar-refractivity contribution in [1.82, 2.24) is 15.3 Å². The molecular formula is C13H17N5O2. The van der Waals surface area contributed by atoms with Crippen LogP contribution in [0.3, 0.4) is 0 Å². The standard InChI is InChI=1S/C13H17N5O2/c1-15-11(19)5-6-18(2)13-16-10-4-3-8(14)7-9(10)12(20)17-13/h3-4,7H,5-6,14H2,1-2H3,(H,15,19)(H,16,17,20). The van der Waals surface area contributed by atoms with Crippen molar-refractivity contribution in [2.45, 2.75) is 6.42 Å². The van der Waals surface area contributed by atoms with Gasteiger partial charge in [0, 0.05) is 32.7 Å². The molecule has 1 aromatic carbocycles. The van der Waals surface area contributed by atoms with Gasteiger partial charge in [0.15, 0.2) is 0 Å². The number of rotatable bonds is 4. The van der Waals surface area contributed by atoms with E-state index in [1.807, 2.05) is 0 Å². The third-order valence-electron chi connectivity index (χ3n) is 3.03. The number of hydrogen-bond acceptors (Lipinski definition) is 5. The molecule has 0 radical (unpaired) electrons. The summed E-state index contributed by atoms with van der Waals surface area (Å²) in [6.45, 7) is 0.461. The molecule has 2 rings (SSSR count). The molecule has 0 aliphatic heterocycles. The fraction of sp³-hybridized carbons (Fsp3) is 0.308. The van der Waals surface area contributed by atoms with Crippen molar-refractivity contribution in [2.24, 2.45) is 0 Å². The van der Waals surface area contributed by atoms with Crippen LogP contribution in [0.15, 0.2) is 23.0 Å². The van der Waals surface area contributed by atoms with E-state index in [-0.39, 0.29) is 11.5 Å². The second-order valence-corrected chi connectivity index (χ2v) is 4.51. The van der Waals surface area contributed by atoms with Crippen molar-refractivity contribution in [2.75, 3.05) is 31.3 Å². The number of fused-ring (bicyclic) bond motifs is 1. The van der Waals surface area contributed by atoms with Crippen LogP contribution in [0.5, 0.6) is 0 Å². The second kappa shape index (κ2) is 5.60. The molecule has 2 aromatic rings. The molecule has 0 aliphatic carbocycles. The van der Waals surface area contributed by atoms with E-state index in [1.54, 1.807) is 37.2 Å². The first kappa shape index (κ1) is 13.9. The molecule has 0 fully saturated rings. The monoisotopic (exact) mass is 275 g/mol. The Morgan fingerprint density at radius 3 is 2.95 bits per heavy atom. The number of nitrogen functional groups attached to an aromatic ring is 1. The molecule has 0 saturated carbocycles. The predicted octanol–water partition coefficient (Wildman–Crippen LogP) is 0.0776. The summed E-state index contributed by atoms with van der Waals surface area (Å²) in [5, 5.41) is 3.00. The summed E-state index contributed by atoms with van der Waals surface area (Å²) in [4.78, 5) is 32.0. The molecule has 0 saturated heterocycles. The van der Waals surface area contributed by atoms with Crippen molar-refractivity contribution in [3.63, 3.8) is 0 Å². The lowest BCUT2D eigenvalue weighted by Crippen LogP contribution is -2.28. The molecule has 1 heterocycles. The van der Waals surface area contributed by atoms with E-state index in [9.17, 15) is 9.59 Å². The van der Waals surface area contributed by atoms with Crippen LogP contribution in [0.1, 0.15) is 6.42 Å². The number of benzene rings is 1. The van der Waals surface area contributed by atoms with E-state index < -0.39 is 0 Å². The molecule has 0 bridgehead atoms. The van der Waals surface area contributed by atoms with Gasteiger partial charge in [0.05, 0.1) is 10.9 Å². The minimum Gasteiger partial charge on any atom is -0.399 e. The number of anilines is 2.